The topological polar surface area (TPSA) is 78.6 Å². The highest BCUT2D eigenvalue weighted by molar-refractivity contribution is 7.84. The van der Waals surface area contributed by atoms with Crippen LogP contribution in [0.2, 0.25) is 5.02 Å². The molecule has 0 aliphatic rings. The highest BCUT2D eigenvalue weighted by atomic mass is 35.5. The van der Waals surface area contributed by atoms with Crippen molar-refractivity contribution in [3.63, 3.8) is 0 Å². The van der Waals surface area contributed by atoms with Gasteiger partial charge in [-0.3, -0.25) is 0 Å². The molecule has 1 aromatic rings. The molecule has 5 nitrogen and oxygen atoms in total. The maximum Gasteiger partial charge on any atom is 0.387 e. The van der Waals surface area contributed by atoms with Crippen LogP contribution in [0, 0.1) is 0 Å². The summed E-state index contributed by atoms with van der Waals surface area (Å²) in [6, 6.07) is 3.10. The highest BCUT2D eigenvalue weighted by Gasteiger charge is 2.11. The molecule has 0 fully saturated rings. The van der Waals surface area contributed by atoms with Gasteiger partial charge < -0.3 is 8.92 Å². The van der Waals surface area contributed by atoms with Crippen LogP contribution in [0.5, 0.6) is 11.5 Å². The van der Waals surface area contributed by atoms with Gasteiger partial charge in [-0.2, -0.15) is 22.3 Å². The van der Waals surface area contributed by atoms with Gasteiger partial charge in [0.25, 0.3) is 0 Å². The van der Waals surface area contributed by atoms with E-state index >= 15 is 0 Å². The van der Waals surface area contributed by atoms with Gasteiger partial charge in [-0.15, -0.1) is 0 Å². The number of alkyl halides is 2. The monoisotopic (exact) mass is 273 g/mol. The van der Waals surface area contributed by atoms with Crippen molar-refractivity contribution in [2.45, 2.75) is 6.61 Å². The van der Waals surface area contributed by atoms with Crippen LogP contribution < -0.4 is 14.1 Å². The maximum atomic E-state index is 11.8. The summed E-state index contributed by atoms with van der Waals surface area (Å²) >= 11 is 5.53. The zero-order chi connectivity index (χ0) is 12.3. The number of halogens is 3. The molecule has 16 heavy (non-hydrogen) atoms. The van der Waals surface area contributed by atoms with Crippen LogP contribution in [0.25, 0.3) is 0 Å². The van der Waals surface area contributed by atoms with Crippen molar-refractivity contribution >= 4 is 21.9 Å². The Morgan fingerprint density at radius 3 is 2.44 bits per heavy atom. The number of rotatable bonds is 4. The Morgan fingerprint density at radius 2 is 2.00 bits per heavy atom. The molecule has 0 aromatic heterocycles. The molecule has 0 radical (unpaired) electrons. The molecule has 90 valence electrons. The van der Waals surface area contributed by atoms with E-state index in [1.54, 1.807) is 0 Å². The smallest absolute Gasteiger partial charge is 0.387 e. The van der Waals surface area contributed by atoms with Gasteiger partial charge in [0.05, 0.1) is 5.02 Å². The molecule has 9 heteroatoms. The van der Waals surface area contributed by atoms with Crippen molar-refractivity contribution in [3.8, 4) is 11.5 Å². The first kappa shape index (κ1) is 12.9. The quantitative estimate of drug-likeness (QED) is 0.902. The fourth-order valence-electron chi connectivity index (χ4n) is 0.859. The molecule has 0 aliphatic heterocycles. The lowest BCUT2D eigenvalue weighted by Gasteiger charge is -2.08. The fraction of sp³-hybridized carbons (Fsp3) is 0.143. The third-order valence-corrected chi connectivity index (χ3v) is 2.05. The molecule has 0 unspecified atom stereocenters. The van der Waals surface area contributed by atoms with Crippen LogP contribution in [-0.4, -0.2) is 15.0 Å². The van der Waals surface area contributed by atoms with Crippen molar-refractivity contribution in [1.82, 2.24) is 0 Å². The van der Waals surface area contributed by atoms with E-state index in [1.807, 2.05) is 0 Å². The van der Waals surface area contributed by atoms with Gasteiger partial charge in [0.1, 0.15) is 11.5 Å². The standard InChI is InChI=1S/C7H6ClF2NO4S/c8-5-3-4(15-16(11,12)13)1-2-6(5)14-7(9)10/h1-3,7H,(H2,11,12,13). The lowest BCUT2D eigenvalue weighted by molar-refractivity contribution is -0.0498. The average Bonchev–Trinajstić information content (AvgIpc) is 2.06. The summed E-state index contributed by atoms with van der Waals surface area (Å²) in [6.45, 7) is -3.03. The Labute approximate surface area is 95.0 Å². The summed E-state index contributed by atoms with van der Waals surface area (Å²) in [7, 11) is -4.18. The van der Waals surface area contributed by atoms with Gasteiger partial charge in [0.15, 0.2) is 0 Å². The highest BCUT2D eigenvalue weighted by Crippen LogP contribution is 2.30. The first-order chi connectivity index (χ1) is 7.28. The van der Waals surface area contributed by atoms with Gasteiger partial charge >= 0.3 is 16.9 Å². The maximum absolute atomic E-state index is 11.8. The molecule has 0 bridgehead atoms. The molecule has 1 rings (SSSR count). The van der Waals surface area contributed by atoms with E-state index < -0.39 is 16.9 Å². The van der Waals surface area contributed by atoms with E-state index in [2.05, 4.69) is 14.1 Å². The van der Waals surface area contributed by atoms with Crippen LogP contribution in [0.3, 0.4) is 0 Å². The van der Waals surface area contributed by atoms with Crippen LogP contribution in [0.1, 0.15) is 0 Å². The van der Waals surface area contributed by atoms with Crippen LogP contribution >= 0.6 is 11.6 Å². The predicted octanol–water partition coefficient (Wildman–Crippen LogP) is 1.52. The minimum atomic E-state index is -4.18. The zero-order valence-electron chi connectivity index (χ0n) is 7.56. The minimum absolute atomic E-state index is 0.200. The van der Waals surface area contributed by atoms with E-state index in [1.165, 1.54) is 0 Å². The third kappa shape index (κ3) is 4.17. The van der Waals surface area contributed by atoms with Crippen LogP contribution in [-0.2, 0) is 10.3 Å². The first-order valence-corrected chi connectivity index (χ1v) is 5.59. The molecule has 0 saturated heterocycles. The molecule has 0 heterocycles. The van der Waals surface area contributed by atoms with Crippen molar-refractivity contribution < 1.29 is 26.1 Å². The van der Waals surface area contributed by atoms with Crippen LogP contribution in [0.4, 0.5) is 8.78 Å². The van der Waals surface area contributed by atoms with Gasteiger partial charge in [-0.25, -0.2) is 0 Å². The van der Waals surface area contributed by atoms with Crippen molar-refractivity contribution in [1.29, 1.82) is 0 Å². The van der Waals surface area contributed by atoms with Crippen LogP contribution in [0.15, 0.2) is 18.2 Å². The fourth-order valence-corrected chi connectivity index (χ4v) is 1.45. The van der Waals surface area contributed by atoms with E-state index in [9.17, 15) is 17.2 Å². The van der Waals surface area contributed by atoms with Gasteiger partial charge in [-0.05, 0) is 12.1 Å². The SMILES string of the molecule is NS(=O)(=O)Oc1ccc(OC(F)F)c(Cl)c1. The lowest BCUT2D eigenvalue weighted by atomic mass is 10.3. The van der Waals surface area contributed by atoms with E-state index in [4.69, 9.17) is 11.6 Å². The number of nitrogens with two attached hydrogens (primary N) is 1. The average molecular weight is 274 g/mol. The minimum Gasteiger partial charge on any atom is -0.433 e. The van der Waals surface area contributed by atoms with Crippen molar-refractivity contribution in [2.75, 3.05) is 0 Å². The third-order valence-electron chi connectivity index (χ3n) is 1.33. The van der Waals surface area contributed by atoms with Gasteiger partial charge in [0, 0.05) is 6.07 Å². The number of hydrogen-bond donors (Lipinski definition) is 1. The van der Waals surface area contributed by atoms with Crippen molar-refractivity contribution in [3.05, 3.63) is 23.2 Å². The summed E-state index contributed by atoms with van der Waals surface area (Å²) in [4.78, 5) is 0. The Balaban J connectivity index is 2.91. The lowest BCUT2D eigenvalue weighted by Crippen LogP contribution is -2.18. The summed E-state index contributed by atoms with van der Waals surface area (Å²) in [5.41, 5.74) is 0. The largest absolute Gasteiger partial charge is 0.433 e. The number of benzene rings is 1. The molecule has 0 amide bonds. The molecule has 1 aromatic carbocycles. The van der Waals surface area contributed by atoms with Gasteiger partial charge in [-0.1, -0.05) is 11.6 Å². The number of ether oxygens (including phenoxy) is 1. The van der Waals surface area contributed by atoms with E-state index in [-0.39, 0.29) is 16.5 Å². The number of hydrogen-bond acceptors (Lipinski definition) is 4. The Morgan fingerprint density at radius 1 is 1.38 bits per heavy atom. The Hall–Kier alpha value is -1.12. The first-order valence-electron chi connectivity index (χ1n) is 3.74. The molecular formula is C7H6ClF2NO4S. The molecule has 2 N–H and O–H groups in total. The second-order valence-electron chi connectivity index (χ2n) is 2.55. The molecule has 0 saturated carbocycles. The van der Waals surface area contributed by atoms with E-state index in [0.29, 0.717) is 0 Å². The zero-order valence-corrected chi connectivity index (χ0v) is 9.13. The Kier molecular flexibility index (Phi) is 3.89. The second-order valence-corrected chi connectivity index (χ2v) is 4.11. The van der Waals surface area contributed by atoms with Gasteiger partial charge in [0.2, 0.25) is 0 Å². The summed E-state index contributed by atoms with van der Waals surface area (Å²) < 4.78 is 53.1. The Bertz CT molecular complexity index is 479. The molecule has 0 aliphatic carbocycles. The summed E-state index contributed by atoms with van der Waals surface area (Å²) in [5, 5.41) is 4.37. The summed E-state index contributed by atoms with van der Waals surface area (Å²) in [5.74, 6) is -0.493. The molecule has 0 atom stereocenters. The normalized spacial score (nSPS) is 11.6. The predicted molar refractivity (Wildman–Crippen MR) is 51.8 cm³/mol. The molecular weight excluding hydrogens is 268 g/mol. The summed E-state index contributed by atoms with van der Waals surface area (Å²) in [6.07, 6.45) is 0. The second kappa shape index (κ2) is 4.81. The molecule has 0 spiro atoms. The van der Waals surface area contributed by atoms with E-state index in [0.717, 1.165) is 18.2 Å². The van der Waals surface area contributed by atoms with Crippen molar-refractivity contribution in [2.24, 2.45) is 5.14 Å².